The van der Waals surface area contributed by atoms with Crippen LogP contribution in [-0.2, 0) is 16.1 Å². The highest BCUT2D eigenvalue weighted by Gasteiger charge is 2.11. The maximum atomic E-state index is 9.15. The van der Waals surface area contributed by atoms with Gasteiger partial charge in [-0.3, -0.25) is 0 Å². The van der Waals surface area contributed by atoms with Gasteiger partial charge in [0.05, 0.1) is 38.0 Å². The molecule has 20 heavy (non-hydrogen) atoms. The molecule has 0 spiro atoms. The summed E-state index contributed by atoms with van der Waals surface area (Å²) >= 11 is 3.42. The first-order chi connectivity index (χ1) is 9.72. The molecule has 0 aromatic heterocycles. The van der Waals surface area contributed by atoms with E-state index in [1.165, 1.54) is 0 Å². The van der Waals surface area contributed by atoms with Crippen LogP contribution in [0.2, 0.25) is 0 Å². The van der Waals surface area contributed by atoms with Crippen LogP contribution in [0.3, 0.4) is 0 Å². The van der Waals surface area contributed by atoms with E-state index in [9.17, 15) is 0 Å². The van der Waals surface area contributed by atoms with Crippen molar-refractivity contribution in [3.63, 3.8) is 0 Å². The highest BCUT2D eigenvalue weighted by atomic mass is 79.9. The lowest BCUT2D eigenvalue weighted by atomic mass is 10.2. The molecule has 0 heterocycles. The molecule has 5 nitrogen and oxygen atoms in total. The van der Waals surface area contributed by atoms with E-state index in [0.717, 1.165) is 16.5 Å². The molecule has 0 saturated carbocycles. The molecule has 0 aliphatic heterocycles. The number of ether oxygens (including phenoxy) is 4. The molecular formula is C14H21BrO5. The molecule has 0 aliphatic carbocycles. The summed E-state index contributed by atoms with van der Waals surface area (Å²) in [5, 5.41) is 9.15. The molecule has 0 radical (unpaired) electrons. The van der Waals surface area contributed by atoms with E-state index >= 15 is 0 Å². The zero-order chi connectivity index (χ0) is 14.8. The summed E-state index contributed by atoms with van der Waals surface area (Å²) in [6.45, 7) is 2.30. The molecule has 0 amide bonds. The first kappa shape index (κ1) is 17.2. The standard InChI is InChI=1S/C14H21BrO5/c1-17-6-7-19-4-3-5-20-14-12(15)8-11(10-16)9-13(14)18-2/h8-9,16H,3-7,10H2,1-2H3. The van der Waals surface area contributed by atoms with Gasteiger partial charge in [0.1, 0.15) is 0 Å². The second-order valence-corrected chi connectivity index (χ2v) is 4.93. The van der Waals surface area contributed by atoms with Crippen LogP contribution in [0.1, 0.15) is 12.0 Å². The Morgan fingerprint density at radius 2 is 1.90 bits per heavy atom. The SMILES string of the molecule is COCCOCCCOc1c(Br)cc(CO)cc1OC. The van der Waals surface area contributed by atoms with Crippen LogP contribution in [0.25, 0.3) is 0 Å². The van der Waals surface area contributed by atoms with Gasteiger partial charge >= 0.3 is 0 Å². The monoisotopic (exact) mass is 348 g/mol. The average Bonchev–Trinajstić information content (AvgIpc) is 2.47. The van der Waals surface area contributed by atoms with Crippen molar-refractivity contribution in [2.24, 2.45) is 0 Å². The van der Waals surface area contributed by atoms with Crippen molar-refractivity contribution in [3.05, 3.63) is 22.2 Å². The van der Waals surface area contributed by atoms with Crippen molar-refractivity contribution in [3.8, 4) is 11.5 Å². The van der Waals surface area contributed by atoms with E-state index in [4.69, 9.17) is 24.1 Å². The Morgan fingerprint density at radius 1 is 1.10 bits per heavy atom. The van der Waals surface area contributed by atoms with Crippen molar-refractivity contribution in [2.75, 3.05) is 40.6 Å². The molecular weight excluding hydrogens is 328 g/mol. The van der Waals surface area contributed by atoms with E-state index < -0.39 is 0 Å². The fourth-order valence-corrected chi connectivity index (χ4v) is 2.19. The molecule has 1 rings (SSSR count). The first-order valence-corrected chi connectivity index (χ1v) is 7.19. The summed E-state index contributed by atoms with van der Waals surface area (Å²) in [5.41, 5.74) is 0.768. The summed E-state index contributed by atoms with van der Waals surface area (Å²) in [6.07, 6.45) is 0.779. The molecule has 0 fully saturated rings. The number of halogens is 1. The van der Waals surface area contributed by atoms with Crippen molar-refractivity contribution in [2.45, 2.75) is 13.0 Å². The van der Waals surface area contributed by atoms with Crippen LogP contribution in [0.5, 0.6) is 11.5 Å². The highest BCUT2D eigenvalue weighted by molar-refractivity contribution is 9.10. The van der Waals surface area contributed by atoms with Gasteiger partial charge in [-0.15, -0.1) is 0 Å². The maximum Gasteiger partial charge on any atom is 0.175 e. The van der Waals surface area contributed by atoms with Gasteiger partial charge in [0.2, 0.25) is 0 Å². The van der Waals surface area contributed by atoms with Crippen molar-refractivity contribution in [1.82, 2.24) is 0 Å². The Labute approximate surface area is 127 Å². The van der Waals surface area contributed by atoms with E-state index in [1.54, 1.807) is 20.3 Å². The molecule has 0 bridgehead atoms. The largest absolute Gasteiger partial charge is 0.493 e. The smallest absolute Gasteiger partial charge is 0.175 e. The number of aliphatic hydroxyl groups is 1. The third-order valence-corrected chi connectivity index (χ3v) is 3.17. The van der Waals surface area contributed by atoms with Gasteiger partial charge in [-0.2, -0.15) is 0 Å². The van der Waals surface area contributed by atoms with E-state index in [0.29, 0.717) is 37.9 Å². The number of hydrogen-bond donors (Lipinski definition) is 1. The Morgan fingerprint density at radius 3 is 2.55 bits per heavy atom. The summed E-state index contributed by atoms with van der Waals surface area (Å²) in [5.74, 6) is 1.24. The summed E-state index contributed by atoms with van der Waals surface area (Å²) in [7, 11) is 3.22. The Bertz CT molecular complexity index is 397. The minimum absolute atomic E-state index is 0.0391. The lowest BCUT2D eigenvalue weighted by molar-refractivity contribution is 0.0642. The topological polar surface area (TPSA) is 57.2 Å². The van der Waals surface area contributed by atoms with Gasteiger partial charge in [-0.05, 0) is 33.6 Å². The Hall–Kier alpha value is -0.820. The highest BCUT2D eigenvalue weighted by Crippen LogP contribution is 2.36. The zero-order valence-corrected chi connectivity index (χ0v) is 13.4. The van der Waals surface area contributed by atoms with E-state index in [-0.39, 0.29) is 6.61 Å². The zero-order valence-electron chi connectivity index (χ0n) is 11.9. The van der Waals surface area contributed by atoms with Crippen LogP contribution < -0.4 is 9.47 Å². The summed E-state index contributed by atoms with van der Waals surface area (Å²) < 4.78 is 22.0. The quantitative estimate of drug-likeness (QED) is 0.658. The average molecular weight is 349 g/mol. The molecule has 114 valence electrons. The minimum atomic E-state index is -0.0391. The molecule has 0 unspecified atom stereocenters. The van der Waals surface area contributed by atoms with Crippen molar-refractivity contribution in [1.29, 1.82) is 0 Å². The van der Waals surface area contributed by atoms with Gasteiger partial charge < -0.3 is 24.1 Å². The lowest BCUT2D eigenvalue weighted by Gasteiger charge is -2.14. The number of hydrogen-bond acceptors (Lipinski definition) is 5. The van der Waals surface area contributed by atoms with Crippen LogP contribution in [0, 0.1) is 0 Å². The third-order valence-electron chi connectivity index (χ3n) is 2.58. The van der Waals surface area contributed by atoms with Crippen molar-refractivity contribution >= 4 is 15.9 Å². The molecule has 1 aromatic carbocycles. The number of rotatable bonds is 10. The predicted octanol–water partition coefficient (Wildman–Crippen LogP) is 2.38. The molecule has 1 N–H and O–H groups in total. The van der Waals surface area contributed by atoms with E-state index in [1.807, 2.05) is 6.07 Å². The Kier molecular flexibility index (Phi) is 8.60. The normalized spacial score (nSPS) is 10.6. The fraction of sp³-hybridized carbons (Fsp3) is 0.571. The molecule has 6 heteroatoms. The molecule has 0 aliphatic rings. The van der Waals surface area contributed by atoms with Gasteiger partial charge in [0.15, 0.2) is 11.5 Å². The third kappa shape index (κ3) is 5.66. The minimum Gasteiger partial charge on any atom is -0.493 e. The maximum absolute atomic E-state index is 9.15. The second-order valence-electron chi connectivity index (χ2n) is 4.07. The Balaban J connectivity index is 2.43. The van der Waals surface area contributed by atoms with Crippen LogP contribution in [-0.4, -0.2) is 45.8 Å². The summed E-state index contributed by atoms with van der Waals surface area (Å²) in [6, 6.07) is 3.57. The van der Waals surface area contributed by atoms with Gasteiger partial charge in [0, 0.05) is 20.1 Å². The second kappa shape index (κ2) is 9.99. The van der Waals surface area contributed by atoms with Crippen LogP contribution in [0.4, 0.5) is 0 Å². The van der Waals surface area contributed by atoms with Crippen LogP contribution in [0.15, 0.2) is 16.6 Å². The van der Waals surface area contributed by atoms with Gasteiger partial charge in [-0.1, -0.05) is 0 Å². The number of benzene rings is 1. The number of aliphatic hydroxyl groups excluding tert-OH is 1. The molecule has 0 saturated heterocycles. The van der Waals surface area contributed by atoms with E-state index in [2.05, 4.69) is 15.9 Å². The van der Waals surface area contributed by atoms with Gasteiger partial charge in [-0.25, -0.2) is 0 Å². The number of methoxy groups -OCH3 is 2. The fourth-order valence-electron chi connectivity index (χ4n) is 1.58. The predicted molar refractivity (Wildman–Crippen MR) is 79.4 cm³/mol. The summed E-state index contributed by atoms with van der Waals surface area (Å²) in [4.78, 5) is 0. The van der Waals surface area contributed by atoms with Crippen LogP contribution >= 0.6 is 15.9 Å². The molecule has 1 aromatic rings. The van der Waals surface area contributed by atoms with Crippen molar-refractivity contribution < 1.29 is 24.1 Å². The molecule has 0 atom stereocenters. The first-order valence-electron chi connectivity index (χ1n) is 6.39. The lowest BCUT2D eigenvalue weighted by Crippen LogP contribution is -2.07. The van der Waals surface area contributed by atoms with Gasteiger partial charge in [0.25, 0.3) is 0 Å².